The molecule has 0 spiro atoms. The first kappa shape index (κ1) is 43.4. The lowest BCUT2D eigenvalue weighted by Gasteiger charge is -2.63. The van der Waals surface area contributed by atoms with Gasteiger partial charge in [-0.2, -0.15) is 0 Å². The highest BCUT2D eigenvalue weighted by Gasteiger charge is 2.64. The Hall–Kier alpha value is -1.61. The molecule has 3 heteroatoms. The first-order valence-corrected chi connectivity index (χ1v) is 18.9. The molecule has 0 aromatic heterocycles. The van der Waals surface area contributed by atoms with Crippen LogP contribution in [0, 0.1) is 61.2 Å². The van der Waals surface area contributed by atoms with E-state index >= 15 is 0 Å². The molecule has 8 atom stereocenters. The van der Waals surface area contributed by atoms with Crippen molar-refractivity contribution in [3.8, 4) is 0 Å². The molecule has 4 aliphatic rings. The van der Waals surface area contributed by atoms with Crippen molar-refractivity contribution in [2.75, 3.05) is 0 Å². The van der Waals surface area contributed by atoms with Crippen molar-refractivity contribution in [3.05, 3.63) is 46.0 Å². The smallest absolute Gasteiger partial charge is 0.306 e. The standard InChI is InChI=1S/C36H55NO2.C4H10.C2H6.2CH4/c1-8-9-24(3)30-11-12-31-35(30,7)18-16-32-34(6)17-15-28(22-27(34)14-19-36(31,32)37)39-33(38)13-10-29-25(4)20-23(2)21-26(29)5;1-4(2)3;1-2;;/h14,20-21,24,28,30-32H,8-13,15-19,22,37H2,1-7H3;4H,1-3H3;1-2H3;2*1H4/t24-,28?,30?,31?,32?,34?,35?,36?;;;;/m1..../s1. The maximum atomic E-state index is 12.9. The third kappa shape index (κ3) is 9.15. The molecule has 5 rings (SSSR count). The van der Waals surface area contributed by atoms with Gasteiger partial charge in [0.05, 0.1) is 0 Å². The number of carbonyl (C=O) groups excluding carboxylic acids is 1. The minimum atomic E-state index is -0.0841. The van der Waals surface area contributed by atoms with Crippen LogP contribution in [0.3, 0.4) is 0 Å². The molecule has 7 unspecified atom stereocenters. The van der Waals surface area contributed by atoms with Crippen LogP contribution in [0.5, 0.6) is 0 Å². The highest BCUT2D eigenvalue weighted by atomic mass is 16.5. The number of aryl methyl sites for hydroxylation is 3. The minimum Gasteiger partial charge on any atom is -0.462 e. The van der Waals surface area contributed by atoms with E-state index < -0.39 is 0 Å². The fourth-order valence-corrected chi connectivity index (χ4v) is 10.7. The van der Waals surface area contributed by atoms with Crippen LogP contribution < -0.4 is 5.73 Å². The Labute approximate surface area is 293 Å². The van der Waals surface area contributed by atoms with Gasteiger partial charge in [0.15, 0.2) is 0 Å². The molecule has 1 aromatic carbocycles. The number of rotatable bonds is 7. The number of fused-ring (bicyclic) bond motifs is 5. The van der Waals surface area contributed by atoms with E-state index in [9.17, 15) is 4.79 Å². The van der Waals surface area contributed by atoms with E-state index in [0.717, 1.165) is 49.9 Å². The van der Waals surface area contributed by atoms with Crippen molar-refractivity contribution in [1.82, 2.24) is 0 Å². The third-order valence-electron chi connectivity index (χ3n) is 12.5. The van der Waals surface area contributed by atoms with Gasteiger partial charge in [0.1, 0.15) is 6.10 Å². The van der Waals surface area contributed by atoms with E-state index in [4.69, 9.17) is 10.5 Å². The predicted molar refractivity (Wildman–Crippen MR) is 207 cm³/mol. The SMILES string of the molecule is C.C.CC.CC(C)C.CCC[C@@H](C)C1CCC2C1(C)CCC1C3(C)CCC(OC(=O)CCc4c(C)cc(C)cc4C)CC3=CCC12N. The minimum absolute atomic E-state index is 0. The average molecular weight is 654 g/mol. The second-order valence-electron chi connectivity index (χ2n) is 16.5. The van der Waals surface area contributed by atoms with Crippen LogP contribution >= 0.6 is 0 Å². The van der Waals surface area contributed by atoms with E-state index in [1.54, 1.807) is 0 Å². The van der Waals surface area contributed by atoms with E-state index in [-0.39, 0.29) is 37.9 Å². The van der Waals surface area contributed by atoms with Crippen LogP contribution in [-0.2, 0) is 16.0 Å². The second-order valence-corrected chi connectivity index (χ2v) is 16.5. The molecule has 272 valence electrons. The van der Waals surface area contributed by atoms with Crippen LogP contribution in [0.15, 0.2) is 23.8 Å². The van der Waals surface area contributed by atoms with Crippen LogP contribution in [-0.4, -0.2) is 17.6 Å². The molecule has 0 aliphatic heterocycles. The van der Waals surface area contributed by atoms with Crippen molar-refractivity contribution in [2.24, 2.45) is 46.2 Å². The summed E-state index contributed by atoms with van der Waals surface area (Å²) in [6, 6.07) is 4.43. The molecule has 0 heterocycles. The number of esters is 1. The van der Waals surface area contributed by atoms with Gasteiger partial charge in [-0.1, -0.05) is 119 Å². The van der Waals surface area contributed by atoms with Crippen molar-refractivity contribution < 1.29 is 9.53 Å². The van der Waals surface area contributed by atoms with Gasteiger partial charge in [-0.15, -0.1) is 0 Å². The van der Waals surface area contributed by atoms with Gasteiger partial charge in [-0.3, -0.25) is 4.79 Å². The lowest BCUT2D eigenvalue weighted by atomic mass is 9.44. The van der Waals surface area contributed by atoms with E-state index in [1.165, 1.54) is 66.4 Å². The summed E-state index contributed by atoms with van der Waals surface area (Å²) < 4.78 is 6.11. The quantitative estimate of drug-likeness (QED) is 0.235. The lowest BCUT2D eigenvalue weighted by molar-refractivity contribution is -0.151. The molecule has 3 fully saturated rings. The van der Waals surface area contributed by atoms with Gasteiger partial charge >= 0.3 is 5.97 Å². The normalized spacial score (nSPS) is 32.7. The molecule has 1 aromatic rings. The zero-order valence-corrected chi connectivity index (χ0v) is 31.6. The highest BCUT2D eigenvalue weighted by molar-refractivity contribution is 5.70. The molecular formula is C44H79NO2. The number of carbonyl (C=O) groups is 1. The first-order valence-electron chi connectivity index (χ1n) is 18.9. The Balaban J connectivity index is 0.00000128. The monoisotopic (exact) mass is 654 g/mol. The number of hydrogen-bond donors (Lipinski definition) is 1. The maximum absolute atomic E-state index is 12.9. The highest BCUT2D eigenvalue weighted by Crippen LogP contribution is 2.68. The van der Waals surface area contributed by atoms with Gasteiger partial charge in [0, 0.05) is 18.4 Å². The summed E-state index contributed by atoms with van der Waals surface area (Å²) in [5, 5.41) is 0. The fourth-order valence-electron chi connectivity index (χ4n) is 10.7. The molecule has 0 saturated heterocycles. The zero-order chi connectivity index (χ0) is 33.7. The summed E-state index contributed by atoms with van der Waals surface area (Å²) in [5.41, 5.74) is 14.7. The van der Waals surface area contributed by atoms with Crippen molar-refractivity contribution in [1.29, 1.82) is 0 Å². The van der Waals surface area contributed by atoms with Crippen molar-refractivity contribution in [3.63, 3.8) is 0 Å². The largest absolute Gasteiger partial charge is 0.462 e. The average Bonchev–Trinajstić information content (AvgIpc) is 3.32. The van der Waals surface area contributed by atoms with E-state index in [0.29, 0.717) is 23.7 Å². The molecular weight excluding hydrogens is 574 g/mol. The predicted octanol–water partition coefficient (Wildman–Crippen LogP) is 12.5. The number of benzene rings is 1. The summed E-state index contributed by atoms with van der Waals surface area (Å²) in [5.74, 6) is 3.60. The first-order chi connectivity index (χ1) is 21.2. The molecule has 2 N–H and O–H groups in total. The zero-order valence-electron chi connectivity index (χ0n) is 31.6. The van der Waals surface area contributed by atoms with Crippen LogP contribution in [0.4, 0.5) is 0 Å². The summed E-state index contributed by atoms with van der Waals surface area (Å²) >= 11 is 0. The van der Waals surface area contributed by atoms with Gasteiger partial charge in [-0.05, 0) is 129 Å². The Morgan fingerprint density at radius 3 is 2.11 bits per heavy atom. The molecule has 3 saturated carbocycles. The van der Waals surface area contributed by atoms with Gasteiger partial charge in [-0.25, -0.2) is 0 Å². The molecule has 3 nitrogen and oxygen atoms in total. The summed E-state index contributed by atoms with van der Waals surface area (Å²) in [4.78, 5) is 12.9. The van der Waals surface area contributed by atoms with Crippen molar-refractivity contribution in [2.45, 2.75) is 187 Å². The molecule has 0 radical (unpaired) electrons. The number of ether oxygens (including phenoxy) is 1. The fraction of sp³-hybridized carbons (Fsp3) is 0.795. The van der Waals surface area contributed by atoms with E-state index in [1.807, 2.05) is 13.8 Å². The van der Waals surface area contributed by atoms with Gasteiger partial charge < -0.3 is 10.5 Å². The van der Waals surface area contributed by atoms with Crippen LogP contribution in [0.25, 0.3) is 0 Å². The number of nitrogens with two attached hydrogens (primary N) is 1. The topological polar surface area (TPSA) is 52.3 Å². The summed E-state index contributed by atoms with van der Waals surface area (Å²) in [6.45, 7) is 26.9. The maximum Gasteiger partial charge on any atom is 0.306 e. The Morgan fingerprint density at radius 2 is 1.53 bits per heavy atom. The summed E-state index contributed by atoms with van der Waals surface area (Å²) in [6.07, 6.45) is 15.6. The molecule has 4 aliphatic carbocycles. The van der Waals surface area contributed by atoms with Crippen molar-refractivity contribution >= 4 is 5.97 Å². The lowest BCUT2D eigenvalue weighted by Crippen LogP contribution is -2.66. The Kier molecular flexibility index (Phi) is 16.5. The third-order valence-corrected chi connectivity index (χ3v) is 12.5. The van der Waals surface area contributed by atoms with Crippen LogP contribution in [0.2, 0.25) is 0 Å². The van der Waals surface area contributed by atoms with Gasteiger partial charge in [0.2, 0.25) is 0 Å². The Morgan fingerprint density at radius 1 is 0.936 bits per heavy atom. The second kappa shape index (κ2) is 17.9. The molecule has 0 bridgehead atoms. The van der Waals surface area contributed by atoms with E-state index in [2.05, 4.69) is 87.4 Å². The van der Waals surface area contributed by atoms with Gasteiger partial charge in [0.25, 0.3) is 0 Å². The number of hydrogen-bond acceptors (Lipinski definition) is 3. The molecule has 0 amide bonds. The Bertz CT molecular complexity index is 1140. The molecule has 47 heavy (non-hydrogen) atoms. The summed E-state index contributed by atoms with van der Waals surface area (Å²) in [7, 11) is 0. The van der Waals surface area contributed by atoms with Crippen LogP contribution in [0.1, 0.15) is 170 Å².